The van der Waals surface area contributed by atoms with E-state index in [4.69, 9.17) is 16.0 Å². The van der Waals surface area contributed by atoms with Crippen LogP contribution in [0.1, 0.15) is 26.7 Å². The minimum Gasteiger partial charge on any atom is -0.870 e. The lowest BCUT2D eigenvalue weighted by atomic mass is 9.88. The largest absolute Gasteiger partial charge is 0.870 e. The Morgan fingerprint density at radius 1 is 1.35 bits per heavy atom. The van der Waals surface area contributed by atoms with Crippen LogP contribution in [0, 0.1) is 11.8 Å². The average Bonchev–Trinajstić information content (AvgIpc) is 2.41. The number of rotatable bonds is 4. The normalized spacial score (nSPS) is 18.6. The molecule has 12 heteroatoms. The van der Waals surface area contributed by atoms with Crippen molar-refractivity contribution in [3.05, 3.63) is 0 Å². The molecule has 23 heavy (non-hydrogen) atoms. The molecule has 0 amide bonds. The third-order valence-electron chi connectivity index (χ3n) is 3.70. The van der Waals surface area contributed by atoms with Crippen molar-refractivity contribution >= 4 is 28.2 Å². The quantitative estimate of drug-likeness (QED) is 0.443. The molecule has 0 radical (unpaired) electrons. The Bertz CT molecular complexity index is 629. The van der Waals surface area contributed by atoms with Gasteiger partial charge in [0.1, 0.15) is 0 Å². The maximum atomic E-state index is 10.7. The smallest absolute Gasteiger partial charge is 0.472 e. The Kier molecular flexibility index (Phi) is 5.91. The Labute approximate surface area is 134 Å². The van der Waals surface area contributed by atoms with Crippen molar-refractivity contribution < 1.29 is 27.5 Å². The topological polar surface area (TPSA) is 179 Å². The van der Waals surface area contributed by atoms with Gasteiger partial charge in [-0.25, -0.2) is 4.28 Å². The van der Waals surface area contributed by atoms with Gasteiger partial charge in [0.05, 0.1) is 0 Å². The zero-order chi connectivity index (χ0) is 16.5. The van der Waals surface area contributed by atoms with Gasteiger partial charge in [0.2, 0.25) is 0 Å². The number of hydrogen-bond donors (Lipinski definition) is 3. The van der Waals surface area contributed by atoms with Gasteiger partial charge in [-0.1, -0.05) is 23.8 Å². The van der Waals surface area contributed by atoms with Gasteiger partial charge in [-0.05, 0) is 29.4 Å². The third-order valence-corrected chi connectivity index (χ3v) is 4.03. The van der Waals surface area contributed by atoms with E-state index in [-0.39, 0.29) is 17.4 Å². The van der Waals surface area contributed by atoms with Crippen LogP contribution in [0.15, 0.2) is 0 Å². The maximum Gasteiger partial charge on any atom is 0.472 e. The Hall–Kier alpha value is -1.92. The Morgan fingerprint density at radius 2 is 1.91 bits per heavy atom. The molecule has 0 saturated carbocycles. The van der Waals surface area contributed by atoms with E-state index in [9.17, 15) is 8.42 Å². The van der Waals surface area contributed by atoms with E-state index in [1.165, 1.54) is 0 Å². The van der Waals surface area contributed by atoms with Crippen molar-refractivity contribution in [2.45, 2.75) is 26.7 Å². The van der Waals surface area contributed by atoms with Crippen molar-refractivity contribution in [1.82, 2.24) is 9.97 Å². The molecular formula is C11H22N6O5S. The standard InChI is InChI=1S/C11H20N6O4S.H2O/c1-7(2)8-4-3-5-16(6-8)11-14-9(12)17(10(13)15-11)21-22(18,19)20;/h7-8H,3-6H2,1-2H3,(H4,12,13,14,15,18,19,20);1H2. The number of aromatic nitrogens is 3. The van der Waals surface area contributed by atoms with Gasteiger partial charge < -0.3 is 21.8 Å². The molecule has 2 heterocycles. The highest BCUT2D eigenvalue weighted by atomic mass is 32.3. The molecule has 6 N–H and O–H groups in total. The van der Waals surface area contributed by atoms with Gasteiger partial charge in [0, 0.05) is 13.1 Å². The second kappa shape index (κ2) is 7.10. The number of nitrogens with two attached hydrogens (primary N) is 2. The van der Waals surface area contributed by atoms with Crippen LogP contribution in [0.2, 0.25) is 0 Å². The first-order valence-electron chi connectivity index (χ1n) is 6.94. The molecule has 11 nitrogen and oxygen atoms in total. The molecule has 1 aliphatic rings. The fraction of sp³-hybridized carbons (Fsp3) is 0.727. The highest BCUT2D eigenvalue weighted by Gasteiger charge is 2.29. The molecule has 1 aromatic heterocycles. The Morgan fingerprint density at radius 3 is 2.39 bits per heavy atom. The summed E-state index contributed by atoms with van der Waals surface area (Å²) in [6, 6.07) is 0. The van der Waals surface area contributed by atoms with Gasteiger partial charge in [-0.2, -0.15) is 8.42 Å². The van der Waals surface area contributed by atoms with Crippen molar-refractivity contribution in [2.75, 3.05) is 29.5 Å². The summed E-state index contributed by atoms with van der Waals surface area (Å²) >= 11 is 0. The first-order valence-corrected chi connectivity index (χ1v) is 8.31. The van der Waals surface area contributed by atoms with Crippen molar-refractivity contribution in [2.24, 2.45) is 11.8 Å². The van der Waals surface area contributed by atoms with Gasteiger partial charge in [-0.15, -0.1) is 0 Å². The van der Waals surface area contributed by atoms with Gasteiger partial charge in [0.15, 0.2) is 0 Å². The number of nitrogens with zero attached hydrogens (tertiary/aromatic N) is 4. The van der Waals surface area contributed by atoms with Crippen molar-refractivity contribution in [3.63, 3.8) is 0 Å². The van der Waals surface area contributed by atoms with Crippen LogP contribution in [0.3, 0.4) is 0 Å². The number of piperidine rings is 1. The van der Waals surface area contributed by atoms with Crippen LogP contribution in [-0.4, -0.2) is 41.5 Å². The summed E-state index contributed by atoms with van der Waals surface area (Å²) in [4.78, 5) is 9.98. The summed E-state index contributed by atoms with van der Waals surface area (Å²) in [7, 11) is -4.77. The SMILES string of the molecule is CC(C)C1CCCN(c2nc(N)[n+](OS(=O)(=O)O)c(N)n2)C1.[OH-]. The van der Waals surface area contributed by atoms with Crippen LogP contribution in [0.5, 0.6) is 0 Å². The lowest BCUT2D eigenvalue weighted by Crippen LogP contribution is -2.52. The zero-order valence-electron chi connectivity index (χ0n) is 13.0. The lowest BCUT2D eigenvalue weighted by Gasteiger charge is -2.33. The van der Waals surface area contributed by atoms with Crippen LogP contribution in [-0.2, 0) is 10.4 Å². The zero-order valence-corrected chi connectivity index (χ0v) is 13.8. The van der Waals surface area contributed by atoms with E-state index in [2.05, 4.69) is 28.1 Å². The minimum absolute atomic E-state index is 0. The maximum absolute atomic E-state index is 10.7. The molecule has 1 aliphatic heterocycles. The molecule has 0 aromatic carbocycles. The minimum atomic E-state index is -4.77. The molecule has 1 aromatic rings. The number of hydrogen-bond acceptors (Lipinski definition) is 9. The first-order chi connectivity index (χ1) is 10.2. The lowest BCUT2D eigenvalue weighted by molar-refractivity contribution is -0.836. The molecule has 0 bridgehead atoms. The van der Waals surface area contributed by atoms with Gasteiger partial charge in [-0.3, -0.25) is 4.55 Å². The highest BCUT2D eigenvalue weighted by Crippen LogP contribution is 2.25. The summed E-state index contributed by atoms with van der Waals surface area (Å²) in [6.45, 7) is 5.87. The average molecular weight is 350 g/mol. The van der Waals surface area contributed by atoms with E-state index in [1.54, 1.807) is 0 Å². The van der Waals surface area contributed by atoms with Gasteiger partial charge in [0.25, 0.3) is 0 Å². The Balaban J connectivity index is 0.00000264. The van der Waals surface area contributed by atoms with Crippen molar-refractivity contribution in [1.29, 1.82) is 0 Å². The van der Waals surface area contributed by atoms with E-state index >= 15 is 0 Å². The summed E-state index contributed by atoms with van der Waals surface area (Å²) < 4.78 is 34.9. The summed E-state index contributed by atoms with van der Waals surface area (Å²) in [5.74, 6) is 0.740. The number of anilines is 3. The fourth-order valence-electron chi connectivity index (χ4n) is 2.49. The third kappa shape index (κ3) is 4.77. The molecule has 1 fully saturated rings. The van der Waals surface area contributed by atoms with Crippen molar-refractivity contribution in [3.8, 4) is 0 Å². The first kappa shape index (κ1) is 19.1. The molecule has 1 unspecified atom stereocenters. The van der Waals surface area contributed by atoms with E-state index in [0.29, 0.717) is 22.5 Å². The summed E-state index contributed by atoms with van der Waals surface area (Å²) in [6.07, 6.45) is 2.14. The van der Waals surface area contributed by atoms with E-state index in [0.717, 1.165) is 25.9 Å². The number of nitrogen functional groups attached to an aromatic ring is 2. The molecule has 2 rings (SSSR count). The molecule has 0 aliphatic carbocycles. The van der Waals surface area contributed by atoms with Crippen LogP contribution < -0.4 is 25.4 Å². The predicted molar refractivity (Wildman–Crippen MR) is 80.9 cm³/mol. The van der Waals surface area contributed by atoms with Crippen LogP contribution in [0.25, 0.3) is 0 Å². The molecule has 132 valence electrons. The second-order valence-electron chi connectivity index (χ2n) is 5.63. The molecule has 1 atom stereocenters. The molecule has 1 saturated heterocycles. The summed E-state index contributed by atoms with van der Waals surface area (Å²) in [5.41, 5.74) is 11.3. The molecule has 0 spiro atoms. The fourth-order valence-corrected chi connectivity index (χ4v) is 2.83. The van der Waals surface area contributed by atoms with E-state index < -0.39 is 10.4 Å². The predicted octanol–water partition coefficient (Wildman–Crippen LogP) is -1.14. The molecular weight excluding hydrogens is 328 g/mol. The highest BCUT2D eigenvalue weighted by molar-refractivity contribution is 7.80. The van der Waals surface area contributed by atoms with Crippen LogP contribution in [0.4, 0.5) is 17.8 Å². The monoisotopic (exact) mass is 350 g/mol. The summed E-state index contributed by atoms with van der Waals surface area (Å²) in [5, 5.41) is 0. The van der Waals surface area contributed by atoms with Gasteiger partial charge >= 0.3 is 28.2 Å². The van der Waals surface area contributed by atoms with E-state index in [1.807, 2.05) is 4.90 Å². The van der Waals surface area contributed by atoms with Crippen LogP contribution >= 0.6 is 0 Å². The second-order valence-corrected chi connectivity index (χ2v) is 6.63.